The lowest BCUT2D eigenvalue weighted by Crippen LogP contribution is -1.93. The number of carbonyl (C=O) groups is 1. The maximum absolute atomic E-state index is 13.9. The molecule has 1 aromatic heterocycles. The van der Waals surface area contributed by atoms with Crippen molar-refractivity contribution in [2.45, 2.75) is 0 Å². The molecule has 0 unspecified atom stereocenters. The molecule has 3 nitrogen and oxygen atoms in total. The molecule has 4 heteroatoms. The van der Waals surface area contributed by atoms with Gasteiger partial charge in [0.1, 0.15) is 11.5 Å². The van der Waals surface area contributed by atoms with Crippen molar-refractivity contribution in [1.29, 1.82) is 0 Å². The normalized spacial score (nSPS) is 10.8. The van der Waals surface area contributed by atoms with Crippen LogP contribution in [0.1, 0.15) is 10.4 Å². The zero-order valence-corrected chi connectivity index (χ0v) is 10.3. The van der Waals surface area contributed by atoms with E-state index in [0.29, 0.717) is 16.8 Å². The Labute approximate surface area is 109 Å². The van der Waals surface area contributed by atoms with Gasteiger partial charge in [-0.3, -0.25) is 9.48 Å². The summed E-state index contributed by atoms with van der Waals surface area (Å²) in [5.74, 6) is -0.320. The molecule has 0 radical (unpaired) electrons. The van der Waals surface area contributed by atoms with Gasteiger partial charge in [-0.2, -0.15) is 5.10 Å². The van der Waals surface area contributed by atoms with Crippen molar-refractivity contribution in [3.05, 3.63) is 53.8 Å². The molecular weight excluding hydrogens is 243 g/mol. The summed E-state index contributed by atoms with van der Waals surface area (Å²) >= 11 is 0. The average molecular weight is 254 g/mol. The van der Waals surface area contributed by atoms with Gasteiger partial charge < -0.3 is 0 Å². The number of para-hydroxylation sites is 1. The SMILES string of the molecule is Cn1nc(-c2ccccc2F)c2cccc(C=O)c21. The molecule has 0 N–H and O–H groups in total. The molecule has 0 aliphatic carbocycles. The second kappa shape index (κ2) is 4.31. The predicted octanol–water partition coefficient (Wildman–Crippen LogP) is 3.19. The number of aromatic nitrogens is 2. The van der Waals surface area contributed by atoms with Crippen LogP contribution in [0.25, 0.3) is 22.2 Å². The van der Waals surface area contributed by atoms with Crippen molar-refractivity contribution >= 4 is 17.2 Å². The minimum absolute atomic E-state index is 0.320. The van der Waals surface area contributed by atoms with E-state index in [1.165, 1.54) is 6.07 Å². The van der Waals surface area contributed by atoms with Gasteiger partial charge >= 0.3 is 0 Å². The van der Waals surface area contributed by atoms with Crippen molar-refractivity contribution in [3.63, 3.8) is 0 Å². The van der Waals surface area contributed by atoms with Crippen molar-refractivity contribution < 1.29 is 9.18 Å². The van der Waals surface area contributed by atoms with E-state index in [1.54, 1.807) is 42.1 Å². The lowest BCUT2D eigenvalue weighted by molar-refractivity contribution is 0.112. The summed E-state index contributed by atoms with van der Waals surface area (Å²) in [6.45, 7) is 0. The molecule has 94 valence electrons. The van der Waals surface area contributed by atoms with Crippen LogP contribution >= 0.6 is 0 Å². The second-order valence-electron chi connectivity index (χ2n) is 4.31. The molecule has 3 aromatic rings. The van der Waals surface area contributed by atoms with Crippen molar-refractivity contribution in [1.82, 2.24) is 9.78 Å². The summed E-state index contributed by atoms with van der Waals surface area (Å²) < 4.78 is 15.5. The summed E-state index contributed by atoms with van der Waals surface area (Å²) in [6.07, 6.45) is 0.787. The number of benzene rings is 2. The zero-order chi connectivity index (χ0) is 13.4. The Morgan fingerprint density at radius 2 is 1.95 bits per heavy atom. The zero-order valence-electron chi connectivity index (χ0n) is 10.3. The Balaban J connectivity index is 2.38. The highest BCUT2D eigenvalue weighted by atomic mass is 19.1. The topological polar surface area (TPSA) is 34.9 Å². The number of hydrogen-bond donors (Lipinski definition) is 0. The Kier molecular flexibility index (Phi) is 2.63. The third-order valence-electron chi connectivity index (χ3n) is 3.15. The van der Waals surface area contributed by atoms with Crippen LogP contribution in [-0.4, -0.2) is 16.1 Å². The number of nitrogens with zero attached hydrogens (tertiary/aromatic N) is 2. The highest BCUT2D eigenvalue weighted by molar-refractivity contribution is 6.02. The first-order valence-electron chi connectivity index (χ1n) is 5.88. The first-order chi connectivity index (χ1) is 9.22. The van der Waals surface area contributed by atoms with Crippen LogP contribution in [0.15, 0.2) is 42.5 Å². The number of rotatable bonds is 2. The average Bonchev–Trinajstić information content (AvgIpc) is 2.77. The first-order valence-corrected chi connectivity index (χ1v) is 5.88. The van der Waals surface area contributed by atoms with Crippen LogP contribution in [-0.2, 0) is 7.05 Å². The first kappa shape index (κ1) is 11.6. The molecule has 0 aliphatic heterocycles. The van der Waals surface area contributed by atoms with Crippen LogP contribution in [0, 0.1) is 5.82 Å². The highest BCUT2D eigenvalue weighted by Crippen LogP contribution is 2.30. The van der Waals surface area contributed by atoms with Crippen molar-refractivity contribution in [2.24, 2.45) is 7.05 Å². The van der Waals surface area contributed by atoms with Crippen LogP contribution in [0.5, 0.6) is 0 Å². The minimum atomic E-state index is -0.320. The van der Waals surface area contributed by atoms with Crippen LogP contribution in [0.3, 0.4) is 0 Å². The van der Waals surface area contributed by atoms with Gasteiger partial charge in [0.05, 0.1) is 5.52 Å². The lowest BCUT2D eigenvalue weighted by Gasteiger charge is -1.99. The fraction of sp³-hybridized carbons (Fsp3) is 0.0667. The van der Waals surface area contributed by atoms with E-state index in [1.807, 2.05) is 6.07 Å². The van der Waals surface area contributed by atoms with Crippen LogP contribution in [0.4, 0.5) is 4.39 Å². The Morgan fingerprint density at radius 1 is 1.16 bits per heavy atom. The molecule has 0 atom stereocenters. The predicted molar refractivity (Wildman–Crippen MR) is 71.5 cm³/mol. The van der Waals surface area contributed by atoms with E-state index in [-0.39, 0.29) is 5.82 Å². The molecule has 0 fully saturated rings. The minimum Gasteiger partial charge on any atom is -0.298 e. The van der Waals surface area contributed by atoms with Crippen LogP contribution in [0.2, 0.25) is 0 Å². The maximum Gasteiger partial charge on any atom is 0.152 e. The van der Waals surface area contributed by atoms with E-state index in [2.05, 4.69) is 5.10 Å². The Hall–Kier alpha value is -2.49. The molecule has 0 amide bonds. The van der Waals surface area contributed by atoms with Gasteiger partial charge in [0.25, 0.3) is 0 Å². The largest absolute Gasteiger partial charge is 0.298 e. The van der Waals surface area contributed by atoms with E-state index in [9.17, 15) is 9.18 Å². The number of aryl methyl sites for hydroxylation is 1. The smallest absolute Gasteiger partial charge is 0.152 e. The standard InChI is InChI=1S/C15H11FN2O/c1-18-15-10(9-19)5-4-7-12(15)14(17-18)11-6-2-3-8-13(11)16/h2-9H,1H3. The lowest BCUT2D eigenvalue weighted by atomic mass is 10.1. The third kappa shape index (κ3) is 1.73. The van der Waals surface area contributed by atoms with Gasteiger partial charge in [-0.15, -0.1) is 0 Å². The molecule has 1 heterocycles. The van der Waals surface area contributed by atoms with Gasteiger partial charge in [-0.05, 0) is 18.2 Å². The molecular formula is C15H11FN2O. The van der Waals surface area contributed by atoms with Gasteiger partial charge in [-0.25, -0.2) is 4.39 Å². The maximum atomic E-state index is 13.9. The van der Waals surface area contributed by atoms with E-state index < -0.39 is 0 Å². The summed E-state index contributed by atoms with van der Waals surface area (Å²) in [5, 5.41) is 5.12. The molecule has 3 rings (SSSR count). The molecule has 0 saturated carbocycles. The number of carbonyl (C=O) groups excluding carboxylic acids is 1. The molecule has 0 spiro atoms. The summed E-state index contributed by atoms with van der Waals surface area (Å²) in [6, 6.07) is 11.8. The number of hydrogen-bond acceptors (Lipinski definition) is 2. The molecule has 0 bridgehead atoms. The Morgan fingerprint density at radius 3 is 2.68 bits per heavy atom. The molecule has 0 saturated heterocycles. The molecule has 0 aliphatic rings. The monoisotopic (exact) mass is 254 g/mol. The molecule has 19 heavy (non-hydrogen) atoms. The third-order valence-corrected chi connectivity index (χ3v) is 3.15. The summed E-state index contributed by atoms with van der Waals surface area (Å²) in [5.41, 5.74) is 2.27. The van der Waals surface area contributed by atoms with Crippen molar-refractivity contribution in [2.75, 3.05) is 0 Å². The van der Waals surface area contributed by atoms with Crippen LogP contribution < -0.4 is 0 Å². The van der Waals surface area contributed by atoms with Crippen molar-refractivity contribution in [3.8, 4) is 11.3 Å². The fourth-order valence-corrected chi connectivity index (χ4v) is 2.31. The number of fused-ring (bicyclic) bond motifs is 1. The van der Waals surface area contributed by atoms with Gasteiger partial charge in [-0.1, -0.05) is 24.3 Å². The number of aldehydes is 1. The van der Waals surface area contributed by atoms with Gasteiger partial charge in [0.2, 0.25) is 0 Å². The van der Waals surface area contributed by atoms with E-state index in [0.717, 1.165) is 17.2 Å². The summed E-state index contributed by atoms with van der Waals surface area (Å²) in [4.78, 5) is 11.1. The number of halogens is 1. The van der Waals surface area contributed by atoms with E-state index in [4.69, 9.17) is 0 Å². The quantitative estimate of drug-likeness (QED) is 0.658. The van der Waals surface area contributed by atoms with E-state index >= 15 is 0 Å². The van der Waals surface area contributed by atoms with Gasteiger partial charge in [0.15, 0.2) is 6.29 Å². The van der Waals surface area contributed by atoms with Gasteiger partial charge in [0, 0.05) is 23.6 Å². The fourth-order valence-electron chi connectivity index (χ4n) is 2.31. The summed E-state index contributed by atoms with van der Waals surface area (Å²) in [7, 11) is 1.75. The Bertz CT molecular complexity index is 777. The second-order valence-corrected chi connectivity index (χ2v) is 4.31. The molecule has 2 aromatic carbocycles. The highest BCUT2D eigenvalue weighted by Gasteiger charge is 2.15.